The third kappa shape index (κ3) is 3.68. The van der Waals surface area contributed by atoms with Crippen LogP contribution in [-0.4, -0.2) is 9.97 Å². The summed E-state index contributed by atoms with van der Waals surface area (Å²) in [6.45, 7) is 5.99. The van der Waals surface area contributed by atoms with Crippen LogP contribution in [0.2, 0.25) is 0 Å². The molecular formula is C19H19FN4. The molecule has 1 aromatic heterocycles. The van der Waals surface area contributed by atoms with Crippen molar-refractivity contribution >= 4 is 23.0 Å². The zero-order valence-corrected chi connectivity index (χ0v) is 13.9. The van der Waals surface area contributed by atoms with E-state index in [0.717, 1.165) is 11.4 Å². The molecule has 0 aliphatic rings. The molecule has 5 heteroatoms. The number of nitrogens with zero attached hydrogens (tertiary/aromatic N) is 2. The van der Waals surface area contributed by atoms with Crippen molar-refractivity contribution in [1.82, 2.24) is 9.97 Å². The van der Waals surface area contributed by atoms with Gasteiger partial charge in [0.1, 0.15) is 23.3 Å². The van der Waals surface area contributed by atoms with E-state index in [-0.39, 0.29) is 5.82 Å². The first-order chi connectivity index (χ1) is 11.5. The highest BCUT2D eigenvalue weighted by Crippen LogP contribution is 2.24. The third-order valence-corrected chi connectivity index (χ3v) is 3.82. The van der Waals surface area contributed by atoms with Gasteiger partial charge in [0.05, 0.1) is 0 Å². The number of benzene rings is 2. The minimum Gasteiger partial charge on any atom is -0.340 e. The molecule has 0 aliphatic carbocycles. The molecule has 0 spiro atoms. The topological polar surface area (TPSA) is 49.8 Å². The SMILES string of the molecule is Cc1nc(Nc2ccc(F)cc2)cc(Nc2cccc(C)c2C)n1. The van der Waals surface area contributed by atoms with Crippen LogP contribution in [0.3, 0.4) is 0 Å². The quantitative estimate of drug-likeness (QED) is 0.707. The zero-order chi connectivity index (χ0) is 17.1. The summed E-state index contributed by atoms with van der Waals surface area (Å²) in [5, 5.41) is 6.50. The van der Waals surface area contributed by atoms with Crippen LogP contribution >= 0.6 is 0 Å². The molecule has 0 atom stereocenters. The summed E-state index contributed by atoms with van der Waals surface area (Å²) in [5.74, 6) is 1.74. The molecule has 1 heterocycles. The number of anilines is 4. The Hall–Kier alpha value is -2.95. The van der Waals surface area contributed by atoms with Crippen molar-refractivity contribution in [3.05, 3.63) is 71.3 Å². The summed E-state index contributed by atoms with van der Waals surface area (Å²) in [4.78, 5) is 8.81. The summed E-state index contributed by atoms with van der Waals surface area (Å²) in [6, 6.07) is 14.1. The van der Waals surface area contributed by atoms with Crippen LogP contribution < -0.4 is 10.6 Å². The molecule has 24 heavy (non-hydrogen) atoms. The lowest BCUT2D eigenvalue weighted by atomic mass is 10.1. The fraction of sp³-hybridized carbons (Fsp3) is 0.158. The second-order valence-corrected chi connectivity index (χ2v) is 5.69. The van der Waals surface area contributed by atoms with E-state index in [4.69, 9.17) is 0 Å². The normalized spacial score (nSPS) is 10.5. The Bertz CT molecular complexity index is 860. The van der Waals surface area contributed by atoms with Gasteiger partial charge in [-0.2, -0.15) is 0 Å². The van der Waals surface area contributed by atoms with Gasteiger partial charge in [-0.3, -0.25) is 0 Å². The van der Waals surface area contributed by atoms with Gasteiger partial charge in [-0.1, -0.05) is 12.1 Å². The molecule has 2 aromatic carbocycles. The monoisotopic (exact) mass is 322 g/mol. The average Bonchev–Trinajstić information content (AvgIpc) is 2.54. The van der Waals surface area contributed by atoms with E-state index in [1.165, 1.54) is 23.3 Å². The number of aromatic nitrogens is 2. The van der Waals surface area contributed by atoms with Gasteiger partial charge in [0.2, 0.25) is 0 Å². The Labute approximate surface area is 140 Å². The summed E-state index contributed by atoms with van der Waals surface area (Å²) < 4.78 is 13.0. The first-order valence-corrected chi connectivity index (χ1v) is 7.73. The van der Waals surface area contributed by atoms with Crippen molar-refractivity contribution < 1.29 is 4.39 Å². The Morgan fingerprint density at radius 3 is 2.21 bits per heavy atom. The Kier molecular flexibility index (Phi) is 4.42. The maximum absolute atomic E-state index is 13.0. The van der Waals surface area contributed by atoms with Crippen molar-refractivity contribution in [1.29, 1.82) is 0 Å². The molecule has 0 fully saturated rings. The number of hydrogen-bond donors (Lipinski definition) is 2. The fourth-order valence-corrected chi connectivity index (χ4v) is 2.40. The molecule has 0 aliphatic heterocycles. The first kappa shape index (κ1) is 15.9. The van der Waals surface area contributed by atoms with Gasteiger partial charge in [0.25, 0.3) is 0 Å². The summed E-state index contributed by atoms with van der Waals surface area (Å²) in [7, 11) is 0. The Morgan fingerprint density at radius 2 is 1.50 bits per heavy atom. The smallest absolute Gasteiger partial charge is 0.136 e. The van der Waals surface area contributed by atoms with Gasteiger partial charge >= 0.3 is 0 Å². The van der Waals surface area contributed by atoms with Crippen LogP contribution in [0.1, 0.15) is 17.0 Å². The number of halogens is 1. The van der Waals surface area contributed by atoms with Crippen LogP contribution in [0.5, 0.6) is 0 Å². The molecule has 0 radical (unpaired) electrons. The molecule has 122 valence electrons. The van der Waals surface area contributed by atoms with E-state index in [0.29, 0.717) is 17.5 Å². The van der Waals surface area contributed by atoms with Crippen LogP contribution in [0.15, 0.2) is 48.5 Å². The highest BCUT2D eigenvalue weighted by molar-refractivity contribution is 5.65. The molecule has 3 rings (SSSR count). The molecule has 2 N–H and O–H groups in total. The summed E-state index contributed by atoms with van der Waals surface area (Å²) in [5.41, 5.74) is 4.19. The van der Waals surface area contributed by atoms with E-state index in [9.17, 15) is 4.39 Å². The molecule has 4 nitrogen and oxygen atoms in total. The van der Waals surface area contributed by atoms with Crippen LogP contribution in [0.25, 0.3) is 0 Å². The molecule has 3 aromatic rings. The number of hydrogen-bond acceptors (Lipinski definition) is 4. The first-order valence-electron chi connectivity index (χ1n) is 7.73. The van der Waals surface area contributed by atoms with Gasteiger partial charge in [-0.05, 0) is 62.2 Å². The van der Waals surface area contributed by atoms with Gasteiger partial charge in [0, 0.05) is 17.4 Å². The highest BCUT2D eigenvalue weighted by Gasteiger charge is 2.06. The van der Waals surface area contributed by atoms with E-state index >= 15 is 0 Å². The lowest BCUT2D eigenvalue weighted by Crippen LogP contribution is -2.02. The minimum atomic E-state index is -0.267. The largest absolute Gasteiger partial charge is 0.340 e. The predicted molar refractivity (Wildman–Crippen MR) is 95.7 cm³/mol. The molecule has 0 amide bonds. The third-order valence-electron chi connectivity index (χ3n) is 3.82. The molecule has 0 unspecified atom stereocenters. The van der Waals surface area contributed by atoms with Crippen molar-refractivity contribution in [3.8, 4) is 0 Å². The van der Waals surface area contributed by atoms with Crippen molar-refractivity contribution in [2.24, 2.45) is 0 Å². The summed E-state index contributed by atoms with van der Waals surface area (Å²) in [6.07, 6.45) is 0. The maximum Gasteiger partial charge on any atom is 0.136 e. The molecule has 0 bridgehead atoms. The average molecular weight is 322 g/mol. The number of aryl methyl sites for hydroxylation is 2. The standard InChI is InChI=1S/C19H19FN4/c1-12-5-4-6-17(13(12)2)24-19-11-18(21-14(3)22-19)23-16-9-7-15(20)8-10-16/h4-11H,1-3H3,(H2,21,22,23,24). The fourth-order valence-electron chi connectivity index (χ4n) is 2.40. The number of rotatable bonds is 4. The Balaban J connectivity index is 1.86. The summed E-state index contributed by atoms with van der Waals surface area (Å²) >= 11 is 0. The minimum absolute atomic E-state index is 0.267. The van der Waals surface area contributed by atoms with Crippen molar-refractivity contribution in [2.75, 3.05) is 10.6 Å². The second kappa shape index (κ2) is 6.66. The Morgan fingerprint density at radius 1 is 0.833 bits per heavy atom. The van der Waals surface area contributed by atoms with E-state index < -0.39 is 0 Å². The highest BCUT2D eigenvalue weighted by atomic mass is 19.1. The van der Waals surface area contributed by atoms with Crippen LogP contribution in [0, 0.1) is 26.6 Å². The lowest BCUT2D eigenvalue weighted by molar-refractivity contribution is 0.628. The van der Waals surface area contributed by atoms with Crippen LogP contribution in [0.4, 0.5) is 27.4 Å². The lowest BCUT2D eigenvalue weighted by Gasteiger charge is -2.13. The van der Waals surface area contributed by atoms with Crippen molar-refractivity contribution in [3.63, 3.8) is 0 Å². The van der Waals surface area contributed by atoms with E-state index in [1.807, 2.05) is 25.1 Å². The molecule has 0 saturated carbocycles. The van der Waals surface area contributed by atoms with Gasteiger partial charge in [-0.15, -0.1) is 0 Å². The zero-order valence-electron chi connectivity index (χ0n) is 13.9. The molecule has 0 saturated heterocycles. The van der Waals surface area contributed by atoms with Gasteiger partial charge in [-0.25, -0.2) is 14.4 Å². The predicted octanol–water partition coefficient (Wildman–Crippen LogP) is 5.03. The second-order valence-electron chi connectivity index (χ2n) is 5.69. The maximum atomic E-state index is 13.0. The van der Waals surface area contributed by atoms with Crippen LogP contribution in [-0.2, 0) is 0 Å². The van der Waals surface area contributed by atoms with Crippen molar-refractivity contribution in [2.45, 2.75) is 20.8 Å². The van der Waals surface area contributed by atoms with Gasteiger partial charge in [0.15, 0.2) is 0 Å². The van der Waals surface area contributed by atoms with E-state index in [1.54, 1.807) is 12.1 Å². The van der Waals surface area contributed by atoms with E-state index in [2.05, 4.69) is 40.5 Å². The van der Waals surface area contributed by atoms with Gasteiger partial charge < -0.3 is 10.6 Å². The number of nitrogens with one attached hydrogen (secondary N) is 2. The molecular weight excluding hydrogens is 303 g/mol.